The molecule has 1 saturated heterocycles. The van der Waals surface area contributed by atoms with E-state index in [0.29, 0.717) is 24.3 Å². The lowest BCUT2D eigenvalue weighted by molar-refractivity contribution is -0.109. The lowest BCUT2D eigenvalue weighted by atomic mass is 10.1. The monoisotopic (exact) mass is 299 g/mol. The molecule has 1 aliphatic heterocycles. The minimum Gasteiger partial charge on any atom is -0.465 e. The molecule has 110 valence electrons. The Morgan fingerprint density at radius 1 is 1.40 bits per heavy atom. The molecule has 0 unspecified atom stereocenters. The third-order valence-corrected chi connectivity index (χ3v) is 4.58. The molecule has 0 radical (unpaired) electrons. The molecule has 2 rings (SSSR count). The summed E-state index contributed by atoms with van der Waals surface area (Å²) in [5.41, 5.74) is 0.863. The van der Waals surface area contributed by atoms with Crippen LogP contribution < -0.4 is 0 Å². The molecule has 20 heavy (non-hydrogen) atoms. The molecule has 0 atom stereocenters. The van der Waals surface area contributed by atoms with E-state index in [2.05, 4.69) is 4.74 Å². The van der Waals surface area contributed by atoms with Crippen molar-refractivity contribution in [3.63, 3.8) is 0 Å². The number of hydrogen-bond donors (Lipinski definition) is 0. The Morgan fingerprint density at radius 3 is 2.85 bits per heavy atom. The predicted molar refractivity (Wildman–Crippen MR) is 72.3 cm³/mol. The average Bonchev–Trinajstić information content (AvgIpc) is 2.47. The van der Waals surface area contributed by atoms with Gasteiger partial charge in [-0.2, -0.15) is 0 Å². The molecule has 0 amide bonds. The number of rotatable bonds is 4. The Hall–Kier alpha value is -1.44. The summed E-state index contributed by atoms with van der Waals surface area (Å²) >= 11 is 0. The SMILES string of the molecule is COC(=O)c1cccc(CS(=O)(=O)N2CCCCO2)c1. The number of carbonyl (C=O) groups is 1. The van der Waals surface area contributed by atoms with Crippen molar-refractivity contribution in [3.05, 3.63) is 35.4 Å². The van der Waals surface area contributed by atoms with Crippen molar-refractivity contribution in [3.8, 4) is 0 Å². The highest BCUT2D eigenvalue weighted by atomic mass is 32.2. The average molecular weight is 299 g/mol. The lowest BCUT2D eigenvalue weighted by Crippen LogP contribution is -2.36. The Kier molecular flexibility index (Phi) is 4.74. The highest BCUT2D eigenvalue weighted by Crippen LogP contribution is 2.17. The number of methoxy groups -OCH3 is 1. The molecule has 7 heteroatoms. The van der Waals surface area contributed by atoms with Crippen LogP contribution in [0.25, 0.3) is 0 Å². The first-order valence-corrected chi connectivity index (χ1v) is 7.94. The van der Waals surface area contributed by atoms with Crippen molar-refractivity contribution < 1.29 is 22.8 Å². The minimum atomic E-state index is -3.53. The lowest BCUT2D eigenvalue weighted by Gasteiger charge is -2.25. The van der Waals surface area contributed by atoms with Gasteiger partial charge >= 0.3 is 5.97 Å². The van der Waals surface area contributed by atoms with E-state index in [4.69, 9.17) is 4.84 Å². The fourth-order valence-electron chi connectivity index (χ4n) is 1.98. The molecule has 6 nitrogen and oxygen atoms in total. The van der Waals surface area contributed by atoms with Crippen LogP contribution in [-0.2, 0) is 25.4 Å². The summed E-state index contributed by atoms with van der Waals surface area (Å²) in [5, 5.41) is 0. The zero-order valence-electron chi connectivity index (χ0n) is 11.2. The molecular weight excluding hydrogens is 282 g/mol. The largest absolute Gasteiger partial charge is 0.465 e. The van der Waals surface area contributed by atoms with Crippen LogP contribution in [0.5, 0.6) is 0 Å². The molecule has 1 aromatic rings. The van der Waals surface area contributed by atoms with E-state index in [1.54, 1.807) is 18.2 Å². The number of ether oxygens (including phenoxy) is 1. The van der Waals surface area contributed by atoms with Gasteiger partial charge in [0.05, 0.1) is 25.0 Å². The van der Waals surface area contributed by atoms with E-state index in [-0.39, 0.29) is 5.75 Å². The topological polar surface area (TPSA) is 72.9 Å². The third-order valence-electron chi connectivity index (χ3n) is 2.98. The van der Waals surface area contributed by atoms with E-state index in [1.165, 1.54) is 13.2 Å². The maximum Gasteiger partial charge on any atom is 0.337 e. The molecule has 0 aliphatic carbocycles. The van der Waals surface area contributed by atoms with Gasteiger partial charge in [0.15, 0.2) is 0 Å². The minimum absolute atomic E-state index is 0.197. The molecule has 1 aromatic carbocycles. The van der Waals surface area contributed by atoms with Gasteiger partial charge in [-0.3, -0.25) is 4.84 Å². The molecule has 1 fully saturated rings. The van der Waals surface area contributed by atoms with Crippen molar-refractivity contribution in [1.82, 2.24) is 4.47 Å². The van der Waals surface area contributed by atoms with E-state index in [0.717, 1.165) is 17.3 Å². The van der Waals surface area contributed by atoms with Gasteiger partial charge in [-0.25, -0.2) is 13.2 Å². The number of nitrogens with zero attached hydrogens (tertiary/aromatic N) is 1. The summed E-state index contributed by atoms with van der Waals surface area (Å²) in [6.45, 7) is 0.792. The maximum atomic E-state index is 12.2. The molecule has 1 aliphatic rings. The highest BCUT2D eigenvalue weighted by Gasteiger charge is 2.25. The Labute approximate surface area is 118 Å². The Balaban J connectivity index is 2.14. The van der Waals surface area contributed by atoms with Gasteiger partial charge in [-0.15, -0.1) is 0 Å². The summed E-state index contributed by atoms with van der Waals surface area (Å²) in [6, 6.07) is 6.40. The summed E-state index contributed by atoms with van der Waals surface area (Å²) < 4.78 is 30.0. The quantitative estimate of drug-likeness (QED) is 0.784. The molecule has 0 spiro atoms. The zero-order chi connectivity index (χ0) is 14.6. The van der Waals surface area contributed by atoms with Crippen LogP contribution in [-0.4, -0.2) is 39.1 Å². The smallest absolute Gasteiger partial charge is 0.337 e. The van der Waals surface area contributed by atoms with Crippen LogP contribution in [0.3, 0.4) is 0 Å². The summed E-state index contributed by atoms with van der Waals surface area (Å²) in [4.78, 5) is 16.6. The van der Waals surface area contributed by atoms with Crippen molar-refractivity contribution >= 4 is 16.0 Å². The van der Waals surface area contributed by atoms with Gasteiger partial charge < -0.3 is 4.74 Å². The maximum absolute atomic E-state index is 12.2. The van der Waals surface area contributed by atoms with E-state index >= 15 is 0 Å². The second kappa shape index (κ2) is 6.34. The van der Waals surface area contributed by atoms with Gasteiger partial charge in [0.1, 0.15) is 0 Å². The number of esters is 1. The van der Waals surface area contributed by atoms with Crippen LogP contribution in [0.4, 0.5) is 0 Å². The molecule has 0 N–H and O–H groups in total. The molecule has 0 bridgehead atoms. The first-order valence-electron chi connectivity index (χ1n) is 6.33. The number of hydrogen-bond acceptors (Lipinski definition) is 5. The number of benzene rings is 1. The third kappa shape index (κ3) is 3.56. The Morgan fingerprint density at radius 2 is 2.20 bits per heavy atom. The van der Waals surface area contributed by atoms with Gasteiger partial charge in [0, 0.05) is 6.54 Å². The van der Waals surface area contributed by atoms with Crippen LogP contribution >= 0.6 is 0 Å². The van der Waals surface area contributed by atoms with Crippen molar-refractivity contribution in [1.29, 1.82) is 0 Å². The second-order valence-electron chi connectivity index (χ2n) is 4.51. The first kappa shape index (κ1) is 15.0. The van der Waals surface area contributed by atoms with Crippen molar-refractivity contribution in [2.24, 2.45) is 0 Å². The Bertz CT molecular complexity index is 578. The highest BCUT2D eigenvalue weighted by molar-refractivity contribution is 7.88. The van der Waals surface area contributed by atoms with E-state index in [1.807, 2.05) is 0 Å². The number of hydroxylamine groups is 1. The van der Waals surface area contributed by atoms with Crippen molar-refractivity contribution in [2.45, 2.75) is 18.6 Å². The van der Waals surface area contributed by atoms with Gasteiger partial charge in [0.25, 0.3) is 0 Å². The summed E-state index contributed by atoms with van der Waals surface area (Å²) in [7, 11) is -2.24. The normalized spacial score (nSPS) is 16.9. The van der Waals surface area contributed by atoms with Crippen LogP contribution in [0.2, 0.25) is 0 Å². The van der Waals surface area contributed by atoms with Gasteiger partial charge in [-0.1, -0.05) is 16.6 Å². The second-order valence-corrected chi connectivity index (χ2v) is 6.37. The van der Waals surface area contributed by atoms with Crippen LogP contribution in [0.1, 0.15) is 28.8 Å². The van der Waals surface area contributed by atoms with Crippen LogP contribution in [0, 0.1) is 0 Å². The predicted octanol–water partition coefficient (Wildman–Crippen LogP) is 1.33. The first-order chi connectivity index (χ1) is 9.53. The number of sulfonamides is 1. The van der Waals surface area contributed by atoms with E-state index < -0.39 is 16.0 Å². The van der Waals surface area contributed by atoms with Crippen molar-refractivity contribution in [2.75, 3.05) is 20.3 Å². The number of carbonyl (C=O) groups excluding carboxylic acids is 1. The van der Waals surface area contributed by atoms with Gasteiger partial charge in [-0.05, 0) is 30.5 Å². The fourth-order valence-corrected chi connectivity index (χ4v) is 3.37. The van der Waals surface area contributed by atoms with Gasteiger partial charge in [0.2, 0.25) is 10.0 Å². The molecule has 0 aromatic heterocycles. The standard InChI is InChI=1S/C13H17NO5S/c1-18-13(15)12-6-4-5-11(9-12)10-20(16,17)14-7-2-3-8-19-14/h4-6,9H,2-3,7-8,10H2,1H3. The van der Waals surface area contributed by atoms with Crippen LogP contribution in [0.15, 0.2) is 24.3 Å². The summed E-state index contributed by atoms with van der Waals surface area (Å²) in [6.07, 6.45) is 1.66. The fraction of sp³-hybridized carbons (Fsp3) is 0.462. The van der Waals surface area contributed by atoms with E-state index in [9.17, 15) is 13.2 Å². The molecule has 0 saturated carbocycles. The zero-order valence-corrected chi connectivity index (χ0v) is 12.1. The summed E-state index contributed by atoms with van der Waals surface area (Å²) in [5.74, 6) is -0.684. The molecule has 1 heterocycles. The molecular formula is C13H17NO5S.